The second kappa shape index (κ2) is 9.39. The van der Waals surface area contributed by atoms with Crippen LogP contribution in [0.15, 0.2) is 18.2 Å². The number of hydrogen-bond donors (Lipinski definition) is 3. The van der Waals surface area contributed by atoms with Gasteiger partial charge in [0.25, 0.3) is 5.91 Å². The minimum absolute atomic E-state index is 0.131. The third-order valence-electron chi connectivity index (χ3n) is 3.87. The van der Waals surface area contributed by atoms with E-state index in [0.717, 1.165) is 5.56 Å². The van der Waals surface area contributed by atoms with Crippen LogP contribution in [0, 0.1) is 12.8 Å². The molecule has 1 aromatic rings. The molecule has 1 saturated heterocycles. The zero-order valence-corrected chi connectivity index (χ0v) is 15.1. The van der Waals surface area contributed by atoms with Crippen molar-refractivity contribution in [3.8, 4) is 0 Å². The second-order valence-corrected chi connectivity index (χ2v) is 6.48. The van der Waals surface area contributed by atoms with E-state index in [0.29, 0.717) is 50.1 Å². The molecule has 3 N–H and O–H groups in total. The van der Waals surface area contributed by atoms with E-state index >= 15 is 0 Å². The van der Waals surface area contributed by atoms with E-state index in [2.05, 4.69) is 16.0 Å². The summed E-state index contributed by atoms with van der Waals surface area (Å²) >= 11 is 0. The Morgan fingerprint density at radius 1 is 1.24 bits per heavy atom. The van der Waals surface area contributed by atoms with Crippen LogP contribution < -0.4 is 16.0 Å². The van der Waals surface area contributed by atoms with Crippen LogP contribution >= 0.6 is 0 Å². The van der Waals surface area contributed by atoms with Crippen molar-refractivity contribution in [1.29, 1.82) is 0 Å². The molecule has 1 aliphatic heterocycles. The van der Waals surface area contributed by atoms with Crippen molar-refractivity contribution in [2.45, 2.75) is 26.9 Å². The highest BCUT2D eigenvalue weighted by atomic mass is 16.6. The smallest absolute Gasteiger partial charge is 0.319 e. The molecule has 138 valence electrons. The fraction of sp³-hybridized carbons (Fsp3) is 0.556. The molecule has 1 heterocycles. The molecule has 7 nitrogen and oxygen atoms in total. The molecule has 25 heavy (non-hydrogen) atoms. The van der Waals surface area contributed by atoms with Gasteiger partial charge in [0.05, 0.1) is 25.9 Å². The first-order chi connectivity index (χ1) is 12.0. The highest BCUT2D eigenvalue weighted by Crippen LogP contribution is 2.19. The summed E-state index contributed by atoms with van der Waals surface area (Å²) in [6.45, 7) is 8.49. The Hall–Kier alpha value is -2.12. The van der Waals surface area contributed by atoms with E-state index in [-0.39, 0.29) is 18.0 Å². The molecule has 0 bridgehead atoms. The van der Waals surface area contributed by atoms with Gasteiger partial charge in [0, 0.05) is 24.3 Å². The topological polar surface area (TPSA) is 88.7 Å². The van der Waals surface area contributed by atoms with Gasteiger partial charge in [-0.05, 0) is 30.5 Å². The van der Waals surface area contributed by atoms with Gasteiger partial charge >= 0.3 is 6.03 Å². The zero-order chi connectivity index (χ0) is 18.2. The number of ether oxygens (including phenoxy) is 2. The lowest BCUT2D eigenvalue weighted by molar-refractivity contribution is -0.0852. The Kier molecular flexibility index (Phi) is 7.21. The first-order valence-electron chi connectivity index (χ1n) is 8.59. The fourth-order valence-corrected chi connectivity index (χ4v) is 2.44. The van der Waals surface area contributed by atoms with Gasteiger partial charge in [-0.1, -0.05) is 19.9 Å². The predicted octanol–water partition coefficient (Wildman–Crippen LogP) is 1.92. The summed E-state index contributed by atoms with van der Waals surface area (Å²) in [4.78, 5) is 24.4. The molecule has 0 aliphatic carbocycles. The second-order valence-electron chi connectivity index (χ2n) is 6.48. The largest absolute Gasteiger partial charge is 0.376 e. The van der Waals surface area contributed by atoms with E-state index in [9.17, 15) is 9.59 Å². The highest BCUT2D eigenvalue weighted by Gasteiger charge is 2.16. The standard InChI is InChI=1S/C18H27N3O4/c1-12(2)9-19-17(22)15-5-4-6-16(13(15)3)21-18(23)20-10-14-11-24-7-8-25-14/h4-6,12,14H,7-11H2,1-3H3,(H,19,22)(H2,20,21,23). The summed E-state index contributed by atoms with van der Waals surface area (Å²) in [5.41, 5.74) is 1.90. The van der Waals surface area contributed by atoms with Crippen molar-refractivity contribution in [3.05, 3.63) is 29.3 Å². The van der Waals surface area contributed by atoms with Crippen LogP contribution in [0.3, 0.4) is 0 Å². The molecule has 1 fully saturated rings. The van der Waals surface area contributed by atoms with Gasteiger partial charge < -0.3 is 25.4 Å². The average molecular weight is 349 g/mol. The quantitative estimate of drug-likeness (QED) is 0.732. The molecule has 3 amide bonds. The van der Waals surface area contributed by atoms with Crippen molar-refractivity contribution in [3.63, 3.8) is 0 Å². The van der Waals surface area contributed by atoms with E-state index in [1.165, 1.54) is 0 Å². The molecule has 1 aromatic carbocycles. The van der Waals surface area contributed by atoms with Crippen LogP contribution in [0.4, 0.5) is 10.5 Å². The van der Waals surface area contributed by atoms with Crippen LogP contribution in [0.5, 0.6) is 0 Å². The normalized spacial score (nSPS) is 17.2. The van der Waals surface area contributed by atoms with Crippen LogP contribution in [-0.2, 0) is 9.47 Å². The molecule has 1 aliphatic rings. The minimum Gasteiger partial charge on any atom is -0.376 e. The van der Waals surface area contributed by atoms with E-state index < -0.39 is 0 Å². The Labute approximate surface area is 148 Å². The van der Waals surface area contributed by atoms with Gasteiger partial charge in [0.15, 0.2) is 0 Å². The molecular formula is C18H27N3O4. The molecular weight excluding hydrogens is 322 g/mol. The number of nitrogens with one attached hydrogen (secondary N) is 3. The first kappa shape index (κ1) is 19.2. The van der Waals surface area contributed by atoms with Gasteiger partial charge in [0.1, 0.15) is 0 Å². The van der Waals surface area contributed by atoms with Gasteiger partial charge in [-0.2, -0.15) is 0 Å². The molecule has 0 spiro atoms. The van der Waals surface area contributed by atoms with Crippen LogP contribution in [0.25, 0.3) is 0 Å². The van der Waals surface area contributed by atoms with E-state index in [4.69, 9.17) is 9.47 Å². The lowest BCUT2D eigenvalue weighted by Gasteiger charge is -2.23. The van der Waals surface area contributed by atoms with Gasteiger partial charge in [-0.15, -0.1) is 0 Å². The zero-order valence-electron chi connectivity index (χ0n) is 15.1. The number of rotatable bonds is 6. The Morgan fingerprint density at radius 2 is 2.04 bits per heavy atom. The minimum atomic E-state index is -0.336. The fourth-order valence-electron chi connectivity index (χ4n) is 2.44. The summed E-state index contributed by atoms with van der Waals surface area (Å²) in [5, 5.41) is 8.43. The van der Waals surface area contributed by atoms with Crippen molar-refractivity contribution >= 4 is 17.6 Å². The molecule has 0 saturated carbocycles. The number of amides is 3. The number of anilines is 1. The summed E-state index contributed by atoms with van der Waals surface area (Å²) in [5.74, 6) is 0.241. The maximum absolute atomic E-state index is 12.3. The lowest BCUT2D eigenvalue weighted by Crippen LogP contribution is -2.41. The summed E-state index contributed by atoms with van der Waals surface area (Å²) < 4.78 is 10.8. The predicted molar refractivity (Wildman–Crippen MR) is 95.9 cm³/mol. The van der Waals surface area contributed by atoms with Crippen LogP contribution in [0.2, 0.25) is 0 Å². The molecule has 1 atom stereocenters. The maximum Gasteiger partial charge on any atom is 0.319 e. The van der Waals surface area contributed by atoms with Gasteiger partial charge in [0.2, 0.25) is 0 Å². The van der Waals surface area contributed by atoms with E-state index in [1.807, 2.05) is 20.8 Å². The van der Waals surface area contributed by atoms with Crippen LogP contribution in [-0.4, -0.2) is 51.0 Å². The van der Waals surface area contributed by atoms with Gasteiger partial charge in [-0.3, -0.25) is 4.79 Å². The number of benzene rings is 1. The summed E-state index contributed by atoms with van der Waals surface area (Å²) in [6, 6.07) is 4.94. The number of carbonyl (C=O) groups is 2. The van der Waals surface area contributed by atoms with Crippen molar-refractivity contribution in [1.82, 2.24) is 10.6 Å². The van der Waals surface area contributed by atoms with E-state index in [1.54, 1.807) is 18.2 Å². The number of carbonyl (C=O) groups excluding carboxylic acids is 2. The van der Waals surface area contributed by atoms with Crippen molar-refractivity contribution < 1.29 is 19.1 Å². The molecule has 0 aromatic heterocycles. The van der Waals surface area contributed by atoms with Crippen molar-refractivity contribution in [2.24, 2.45) is 5.92 Å². The van der Waals surface area contributed by atoms with Crippen molar-refractivity contribution in [2.75, 3.05) is 38.2 Å². The molecule has 1 unspecified atom stereocenters. The average Bonchev–Trinajstić information content (AvgIpc) is 2.60. The Balaban J connectivity index is 1.91. The van der Waals surface area contributed by atoms with Crippen LogP contribution in [0.1, 0.15) is 29.8 Å². The number of urea groups is 1. The SMILES string of the molecule is Cc1c(NC(=O)NCC2COCCO2)cccc1C(=O)NCC(C)C. The Bertz CT molecular complexity index is 598. The summed E-state index contributed by atoms with van der Waals surface area (Å²) in [7, 11) is 0. The molecule has 7 heteroatoms. The first-order valence-corrected chi connectivity index (χ1v) is 8.59. The maximum atomic E-state index is 12.3. The lowest BCUT2D eigenvalue weighted by atomic mass is 10.1. The Morgan fingerprint density at radius 3 is 2.72 bits per heavy atom. The third-order valence-corrected chi connectivity index (χ3v) is 3.87. The summed E-state index contributed by atoms with van der Waals surface area (Å²) in [6.07, 6.45) is -0.131. The monoisotopic (exact) mass is 349 g/mol. The molecule has 2 rings (SSSR count). The highest BCUT2D eigenvalue weighted by molar-refractivity contribution is 5.99. The third kappa shape index (κ3) is 6.03. The molecule has 0 radical (unpaired) electrons. The number of hydrogen-bond acceptors (Lipinski definition) is 4. The van der Waals surface area contributed by atoms with Gasteiger partial charge in [-0.25, -0.2) is 4.79 Å².